The van der Waals surface area contributed by atoms with Crippen molar-refractivity contribution < 1.29 is 20.1 Å². The highest BCUT2D eigenvalue weighted by molar-refractivity contribution is 9.10. The van der Waals surface area contributed by atoms with Gasteiger partial charge < -0.3 is 25.4 Å². The topological polar surface area (TPSA) is 82.0 Å². The predicted octanol–water partition coefficient (Wildman–Crippen LogP) is 0.300. The average Bonchev–Trinajstić information content (AvgIpc) is 2.33. The van der Waals surface area contributed by atoms with Crippen molar-refractivity contribution in [3.63, 3.8) is 0 Å². The monoisotopic (exact) mass is 303 g/mol. The van der Waals surface area contributed by atoms with Crippen LogP contribution in [0.15, 0.2) is 28.7 Å². The second kappa shape index (κ2) is 5.32. The molecular weight excluding hydrogens is 290 g/mol. The lowest BCUT2D eigenvalue weighted by Gasteiger charge is -2.35. The summed E-state index contributed by atoms with van der Waals surface area (Å²) < 4.78 is 6.17. The molecule has 4 atom stereocenters. The highest BCUT2D eigenvalue weighted by Gasteiger charge is 2.37. The molecule has 1 fully saturated rings. The van der Waals surface area contributed by atoms with Crippen LogP contribution in [0.1, 0.15) is 0 Å². The Kier molecular flexibility index (Phi) is 4.01. The lowest BCUT2D eigenvalue weighted by atomic mass is 10.0. The number of ether oxygens (including phenoxy) is 1. The van der Waals surface area contributed by atoms with Crippen LogP contribution in [0.5, 0.6) is 0 Å². The van der Waals surface area contributed by atoms with Gasteiger partial charge in [-0.2, -0.15) is 0 Å². The van der Waals surface area contributed by atoms with Gasteiger partial charge in [0.1, 0.15) is 18.3 Å². The molecule has 6 heteroatoms. The summed E-state index contributed by atoms with van der Waals surface area (Å²) in [7, 11) is 0. The maximum Gasteiger partial charge on any atom is 0.156 e. The largest absolute Gasteiger partial charge is 0.388 e. The van der Waals surface area contributed by atoms with E-state index in [4.69, 9.17) is 4.74 Å². The number of halogens is 1. The summed E-state index contributed by atoms with van der Waals surface area (Å²) in [4.78, 5) is 0. The number of nitrogens with one attached hydrogen (secondary N) is 1. The van der Waals surface area contributed by atoms with E-state index < -0.39 is 24.5 Å². The maximum atomic E-state index is 9.72. The van der Waals surface area contributed by atoms with Crippen molar-refractivity contribution in [2.24, 2.45) is 0 Å². The summed E-state index contributed by atoms with van der Waals surface area (Å²) in [6.07, 6.45) is -4.14. The molecule has 1 heterocycles. The van der Waals surface area contributed by atoms with E-state index in [1.54, 1.807) is 0 Å². The van der Waals surface area contributed by atoms with Gasteiger partial charge in [0.25, 0.3) is 0 Å². The molecule has 0 aromatic heterocycles. The van der Waals surface area contributed by atoms with E-state index in [1.807, 2.05) is 24.3 Å². The van der Waals surface area contributed by atoms with Gasteiger partial charge in [0, 0.05) is 10.2 Å². The van der Waals surface area contributed by atoms with Gasteiger partial charge in [-0.05, 0) is 24.3 Å². The third-order valence-corrected chi connectivity index (χ3v) is 3.18. The van der Waals surface area contributed by atoms with Gasteiger partial charge in [-0.3, -0.25) is 0 Å². The van der Waals surface area contributed by atoms with Crippen molar-refractivity contribution in [1.82, 2.24) is 0 Å². The van der Waals surface area contributed by atoms with Crippen molar-refractivity contribution >= 4 is 21.6 Å². The van der Waals surface area contributed by atoms with Gasteiger partial charge in [0.05, 0.1) is 6.61 Å². The quantitative estimate of drug-likeness (QED) is 0.632. The Bertz CT molecular complexity index is 372. The van der Waals surface area contributed by atoms with Crippen LogP contribution < -0.4 is 5.32 Å². The zero-order valence-corrected chi connectivity index (χ0v) is 10.5. The van der Waals surface area contributed by atoms with Gasteiger partial charge in [0.15, 0.2) is 6.23 Å². The first-order valence-electron chi connectivity index (χ1n) is 5.26. The molecule has 2 rings (SSSR count). The van der Waals surface area contributed by atoms with Crippen LogP contribution in [0.3, 0.4) is 0 Å². The Morgan fingerprint density at radius 2 is 1.76 bits per heavy atom. The minimum atomic E-state index is -1.20. The molecule has 1 aromatic carbocycles. The minimum absolute atomic E-state index is 0.00752. The maximum absolute atomic E-state index is 9.72. The fourth-order valence-electron chi connectivity index (χ4n) is 1.64. The third kappa shape index (κ3) is 2.97. The third-order valence-electron chi connectivity index (χ3n) is 2.65. The lowest BCUT2D eigenvalue weighted by molar-refractivity contribution is -0.178. The van der Waals surface area contributed by atoms with Gasteiger partial charge in [-0.1, -0.05) is 15.9 Å². The van der Waals surface area contributed by atoms with Gasteiger partial charge >= 0.3 is 0 Å². The number of aliphatic hydroxyl groups excluding tert-OH is 3. The van der Waals surface area contributed by atoms with Crippen LogP contribution in [-0.4, -0.2) is 46.5 Å². The van der Waals surface area contributed by atoms with Gasteiger partial charge in [0.2, 0.25) is 0 Å². The smallest absolute Gasteiger partial charge is 0.156 e. The van der Waals surface area contributed by atoms with Gasteiger partial charge in [-0.25, -0.2) is 0 Å². The molecule has 0 amide bonds. The van der Waals surface area contributed by atoms with Crippen molar-refractivity contribution in [2.75, 3.05) is 11.9 Å². The summed E-state index contributed by atoms with van der Waals surface area (Å²) in [6, 6.07) is 7.33. The molecule has 17 heavy (non-hydrogen) atoms. The van der Waals surface area contributed by atoms with E-state index in [0.717, 1.165) is 10.2 Å². The molecule has 0 aliphatic carbocycles. The second-order valence-electron chi connectivity index (χ2n) is 3.95. The zero-order chi connectivity index (χ0) is 12.4. The first kappa shape index (κ1) is 12.8. The van der Waals surface area contributed by atoms with E-state index in [1.165, 1.54) is 0 Å². The zero-order valence-electron chi connectivity index (χ0n) is 8.95. The van der Waals surface area contributed by atoms with Crippen LogP contribution in [0.25, 0.3) is 0 Å². The lowest BCUT2D eigenvalue weighted by Crippen LogP contribution is -2.55. The van der Waals surface area contributed by atoms with E-state index in [-0.39, 0.29) is 6.61 Å². The number of benzene rings is 1. The Hall–Kier alpha value is -0.660. The van der Waals surface area contributed by atoms with Crippen molar-refractivity contribution in [1.29, 1.82) is 0 Å². The summed E-state index contributed by atoms with van der Waals surface area (Å²) >= 11 is 3.32. The average molecular weight is 304 g/mol. The van der Waals surface area contributed by atoms with E-state index in [2.05, 4.69) is 21.2 Å². The minimum Gasteiger partial charge on any atom is -0.388 e. The standard InChI is InChI=1S/C11H14BrNO4/c12-6-1-3-7(4-2-6)13-11-10(16)9(15)8(14)5-17-11/h1-4,8-11,13-16H,5H2/t8-,9-,10-,11-/m1/s1. The highest BCUT2D eigenvalue weighted by Crippen LogP contribution is 2.20. The first-order chi connectivity index (χ1) is 8.08. The molecule has 4 N–H and O–H groups in total. The van der Waals surface area contributed by atoms with Crippen LogP contribution in [0, 0.1) is 0 Å². The van der Waals surface area contributed by atoms with Crippen LogP contribution in [0.2, 0.25) is 0 Å². The summed E-state index contributed by atoms with van der Waals surface area (Å²) in [5.74, 6) is 0. The predicted molar refractivity (Wildman–Crippen MR) is 65.5 cm³/mol. The Morgan fingerprint density at radius 3 is 2.41 bits per heavy atom. The fraction of sp³-hybridized carbons (Fsp3) is 0.455. The van der Waals surface area contributed by atoms with E-state index in [9.17, 15) is 15.3 Å². The Morgan fingerprint density at radius 1 is 1.12 bits per heavy atom. The number of aliphatic hydroxyl groups is 3. The SMILES string of the molecule is O[C@@H]1[C@H](O)[C@H](O)CO[C@H]1Nc1ccc(Br)cc1. The van der Waals surface area contributed by atoms with E-state index >= 15 is 0 Å². The van der Waals surface area contributed by atoms with Crippen LogP contribution >= 0.6 is 15.9 Å². The number of hydrogen-bond acceptors (Lipinski definition) is 5. The van der Waals surface area contributed by atoms with Crippen molar-refractivity contribution in [3.05, 3.63) is 28.7 Å². The molecule has 1 aliphatic heterocycles. The number of rotatable bonds is 2. The highest BCUT2D eigenvalue weighted by atomic mass is 79.9. The molecule has 0 radical (unpaired) electrons. The molecule has 0 bridgehead atoms. The van der Waals surface area contributed by atoms with Gasteiger partial charge in [-0.15, -0.1) is 0 Å². The first-order valence-corrected chi connectivity index (χ1v) is 6.05. The molecule has 94 valence electrons. The van der Waals surface area contributed by atoms with Crippen LogP contribution in [-0.2, 0) is 4.74 Å². The Balaban J connectivity index is 2.01. The Labute approximate surface area is 107 Å². The molecule has 1 aliphatic rings. The van der Waals surface area contributed by atoms with E-state index in [0.29, 0.717) is 0 Å². The molecule has 1 saturated heterocycles. The number of hydrogen-bond donors (Lipinski definition) is 4. The molecule has 0 unspecified atom stereocenters. The van der Waals surface area contributed by atoms with Crippen molar-refractivity contribution in [2.45, 2.75) is 24.5 Å². The molecule has 1 aromatic rings. The van der Waals surface area contributed by atoms with Crippen LogP contribution in [0.4, 0.5) is 5.69 Å². The van der Waals surface area contributed by atoms with Crippen molar-refractivity contribution in [3.8, 4) is 0 Å². The molecule has 0 spiro atoms. The summed E-state index contributed by atoms with van der Waals surface area (Å²) in [6.45, 7) is -0.00752. The molecular formula is C11H14BrNO4. The second-order valence-corrected chi connectivity index (χ2v) is 4.87. The normalized spacial score (nSPS) is 33.4. The molecule has 0 saturated carbocycles. The summed E-state index contributed by atoms with van der Waals surface area (Å²) in [5.41, 5.74) is 0.765. The number of anilines is 1. The molecule has 5 nitrogen and oxygen atoms in total. The summed E-state index contributed by atoms with van der Waals surface area (Å²) in [5, 5.41) is 31.5. The fourth-order valence-corrected chi connectivity index (χ4v) is 1.91.